The van der Waals surface area contributed by atoms with Crippen LogP contribution in [0.1, 0.15) is 22.6 Å². The molecule has 3 rings (SSSR count). The van der Waals surface area contributed by atoms with Crippen LogP contribution in [0.25, 0.3) is 0 Å². The van der Waals surface area contributed by atoms with Gasteiger partial charge in [-0.15, -0.1) is 0 Å². The Morgan fingerprint density at radius 2 is 1.92 bits per heavy atom. The molecule has 0 atom stereocenters. The number of carbonyl (C=O) groups is 1. The van der Waals surface area contributed by atoms with E-state index in [1.54, 1.807) is 33.8 Å². The first-order valence-electron chi connectivity index (χ1n) is 8.12. The van der Waals surface area contributed by atoms with E-state index in [1.165, 1.54) is 6.07 Å². The van der Waals surface area contributed by atoms with Crippen LogP contribution < -0.4 is 5.32 Å². The highest BCUT2D eigenvalue weighted by Gasteiger charge is 2.16. The van der Waals surface area contributed by atoms with E-state index in [2.05, 4.69) is 31.4 Å². The fourth-order valence-corrected chi connectivity index (χ4v) is 3.01. The zero-order valence-corrected chi connectivity index (χ0v) is 16.3. The van der Waals surface area contributed by atoms with Crippen molar-refractivity contribution < 1.29 is 9.18 Å². The first kappa shape index (κ1) is 18.3. The number of hydrogen-bond acceptors (Lipinski definition) is 3. The van der Waals surface area contributed by atoms with Gasteiger partial charge in [-0.25, -0.2) is 4.39 Å². The number of amides is 1. The Hall–Kier alpha value is -2.48. The van der Waals surface area contributed by atoms with E-state index < -0.39 is 0 Å². The number of hydrogen-bond donors (Lipinski definition) is 1. The molecular formula is C18H19BrFN5O. The lowest BCUT2D eigenvalue weighted by atomic mass is 10.2. The van der Waals surface area contributed by atoms with Crippen LogP contribution in [-0.2, 0) is 17.9 Å². The number of aromatic nitrogens is 4. The largest absolute Gasteiger partial charge is 0.321 e. The molecule has 1 aromatic carbocycles. The quantitative estimate of drug-likeness (QED) is 0.686. The Morgan fingerprint density at radius 1 is 1.19 bits per heavy atom. The van der Waals surface area contributed by atoms with Crippen LogP contribution >= 0.6 is 15.9 Å². The van der Waals surface area contributed by atoms with E-state index in [0.717, 1.165) is 15.9 Å². The normalized spacial score (nSPS) is 11.0. The molecule has 0 radical (unpaired) electrons. The number of halogens is 2. The smallest absolute Gasteiger partial charge is 0.246 e. The highest BCUT2D eigenvalue weighted by atomic mass is 79.9. The minimum atomic E-state index is -0.273. The Bertz CT molecular complexity index is 963. The molecule has 0 unspecified atom stereocenters. The topological polar surface area (TPSA) is 64.7 Å². The highest BCUT2D eigenvalue weighted by Crippen LogP contribution is 2.21. The van der Waals surface area contributed by atoms with Gasteiger partial charge < -0.3 is 5.32 Å². The minimum Gasteiger partial charge on any atom is -0.321 e. The highest BCUT2D eigenvalue weighted by molar-refractivity contribution is 9.10. The minimum absolute atomic E-state index is 0.106. The Morgan fingerprint density at radius 3 is 2.58 bits per heavy atom. The first-order valence-corrected chi connectivity index (χ1v) is 8.91. The summed E-state index contributed by atoms with van der Waals surface area (Å²) in [6.07, 6.45) is 1.66. The van der Waals surface area contributed by atoms with Crippen molar-refractivity contribution in [3.63, 3.8) is 0 Å². The number of nitrogens with zero attached hydrogens (tertiary/aromatic N) is 4. The molecule has 1 N–H and O–H groups in total. The molecule has 1 amide bonds. The van der Waals surface area contributed by atoms with Gasteiger partial charge >= 0.3 is 0 Å². The van der Waals surface area contributed by atoms with Crippen molar-refractivity contribution in [2.24, 2.45) is 0 Å². The van der Waals surface area contributed by atoms with Gasteiger partial charge in [0.1, 0.15) is 12.4 Å². The number of rotatable bonds is 5. The summed E-state index contributed by atoms with van der Waals surface area (Å²) in [6, 6.07) is 6.59. The van der Waals surface area contributed by atoms with Gasteiger partial charge in [0.2, 0.25) is 5.91 Å². The van der Waals surface area contributed by atoms with Crippen molar-refractivity contribution in [2.45, 2.75) is 33.9 Å². The van der Waals surface area contributed by atoms with E-state index in [4.69, 9.17) is 0 Å². The standard InChI is InChI=1S/C18H19BrFN5O/c1-11-18(22-17(26)10-24-12(2)15(19)8-21-24)13(3)25(23-11)9-14-6-4-5-7-16(14)20/h4-8H,9-10H2,1-3H3,(H,22,26). The summed E-state index contributed by atoms with van der Waals surface area (Å²) in [5, 5.41) is 11.5. The lowest BCUT2D eigenvalue weighted by molar-refractivity contribution is -0.116. The second-order valence-corrected chi connectivity index (χ2v) is 6.93. The summed E-state index contributed by atoms with van der Waals surface area (Å²) < 4.78 is 18.1. The molecule has 26 heavy (non-hydrogen) atoms. The van der Waals surface area contributed by atoms with Crippen molar-refractivity contribution in [2.75, 3.05) is 5.32 Å². The van der Waals surface area contributed by atoms with Crippen LogP contribution in [0.15, 0.2) is 34.9 Å². The molecule has 0 aliphatic carbocycles. The Kier molecular flexibility index (Phi) is 5.22. The fraction of sp³-hybridized carbons (Fsp3) is 0.278. The maximum absolute atomic E-state index is 13.9. The Balaban J connectivity index is 1.76. The molecular weight excluding hydrogens is 401 g/mol. The third kappa shape index (κ3) is 3.70. The summed E-state index contributed by atoms with van der Waals surface area (Å²) in [4.78, 5) is 12.4. The lowest BCUT2D eigenvalue weighted by Gasteiger charge is -2.09. The average molecular weight is 420 g/mol. The van der Waals surface area contributed by atoms with Crippen LogP contribution in [0.2, 0.25) is 0 Å². The second kappa shape index (κ2) is 7.41. The van der Waals surface area contributed by atoms with Crippen molar-refractivity contribution in [3.05, 3.63) is 63.4 Å². The van der Waals surface area contributed by atoms with Gasteiger partial charge in [-0.2, -0.15) is 10.2 Å². The van der Waals surface area contributed by atoms with Crippen LogP contribution in [0.4, 0.5) is 10.1 Å². The monoisotopic (exact) mass is 419 g/mol. The number of carbonyl (C=O) groups excluding carboxylic acids is 1. The number of nitrogens with one attached hydrogen (secondary N) is 1. The van der Waals surface area contributed by atoms with Gasteiger partial charge in [-0.05, 0) is 42.8 Å². The third-order valence-corrected chi connectivity index (χ3v) is 5.04. The number of aryl methyl sites for hydroxylation is 1. The average Bonchev–Trinajstić information content (AvgIpc) is 3.05. The van der Waals surface area contributed by atoms with Crippen LogP contribution in [0.3, 0.4) is 0 Å². The van der Waals surface area contributed by atoms with Crippen molar-refractivity contribution in [1.29, 1.82) is 0 Å². The Labute approximate surface area is 159 Å². The SMILES string of the molecule is Cc1nn(Cc2ccccc2F)c(C)c1NC(=O)Cn1ncc(Br)c1C. The lowest BCUT2D eigenvalue weighted by Crippen LogP contribution is -2.21. The molecule has 0 spiro atoms. The van der Waals surface area contributed by atoms with E-state index in [0.29, 0.717) is 23.5 Å². The van der Waals surface area contributed by atoms with Crippen LogP contribution in [0.5, 0.6) is 0 Å². The third-order valence-electron chi connectivity index (χ3n) is 4.26. The van der Waals surface area contributed by atoms with E-state index >= 15 is 0 Å². The van der Waals surface area contributed by atoms with Crippen molar-refractivity contribution in [3.8, 4) is 0 Å². The molecule has 136 valence electrons. The summed E-state index contributed by atoms with van der Waals surface area (Å²) >= 11 is 3.38. The molecule has 0 saturated carbocycles. The molecule has 0 fully saturated rings. The molecule has 2 heterocycles. The van der Waals surface area contributed by atoms with Gasteiger partial charge in [-0.3, -0.25) is 14.2 Å². The number of anilines is 1. The number of benzene rings is 1. The fourth-order valence-electron chi connectivity index (χ4n) is 2.72. The maximum Gasteiger partial charge on any atom is 0.246 e. The van der Waals surface area contributed by atoms with E-state index in [-0.39, 0.29) is 18.3 Å². The summed E-state index contributed by atoms with van der Waals surface area (Å²) in [7, 11) is 0. The van der Waals surface area contributed by atoms with Crippen molar-refractivity contribution in [1.82, 2.24) is 19.6 Å². The van der Waals surface area contributed by atoms with Crippen LogP contribution in [-0.4, -0.2) is 25.5 Å². The molecule has 6 nitrogen and oxygen atoms in total. The van der Waals surface area contributed by atoms with E-state index in [1.807, 2.05) is 20.8 Å². The predicted molar refractivity (Wildman–Crippen MR) is 100 cm³/mol. The second-order valence-electron chi connectivity index (χ2n) is 6.08. The molecule has 8 heteroatoms. The first-order chi connectivity index (χ1) is 12.4. The zero-order valence-electron chi connectivity index (χ0n) is 14.8. The summed E-state index contributed by atoms with van der Waals surface area (Å²) in [6.45, 7) is 5.96. The van der Waals surface area contributed by atoms with E-state index in [9.17, 15) is 9.18 Å². The maximum atomic E-state index is 13.9. The summed E-state index contributed by atoms with van der Waals surface area (Å²) in [5.74, 6) is -0.467. The molecule has 0 bridgehead atoms. The molecule has 3 aromatic rings. The van der Waals surface area contributed by atoms with Crippen LogP contribution in [0, 0.1) is 26.6 Å². The van der Waals surface area contributed by atoms with Gasteiger partial charge in [0, 0.05) is 5.56 Å². The van der Waals surface area contributed by atoms with Gasteiger partial charge in [0.25, 0.3) is 0 Å². The molecule has 0 aliphatic heterocycles. The van der Waals surface area contributed by atoms with Gasteiger partial charge in [0.15, 0.2) is 0 Å². The molecule has 0 saturated heterocycles. The van der Waals surface area contributed by atoms with Gasteiger partial charge in [0.05, 0.1) is 40.0 Å². The van der Waals surface area contributed by atoms with Gasteiger partial charge in [-0.1, -0.05) is 18.2 Å². The van der Waals surface area contributed by atoms with Crippen molar-refractivity contribution >= 4 is 27.5 Å². The predicted octanol–water partition coefficient (Wildman–Crippen LogP) is 3.59. The molecule has 0 aliphatic rings. The molecule has 2 aromatic heterocycles. The summed E-state index contributed by atoms with van der Waals surface area (Å²) in [5.41, 5.74) is 3.54. The zero-order chi connectivity index (χ0) is 18.8.